The Bertz CT molecular complexity index is 931. The minimum Gasteiger partial charge on any atom is -0.376 e. The van der Waals surface area contributed by atoms with Crippen molar-refractivity contribution in [1.29, 1.82) is 0 Å². The predicted octanol–water partition coefficient (Wildman–Crippen LogP) is 1.89. The van der Waals surface area contributed by atoms with Gasteiger partial charge in [-0.05, 0) is 31.9 Å². The number of amides is 2. The maximum absolute atomic E-state index is 12.7. The first-order valence-electron chi connectivity index (χ1n) is 11.2. The topological polar surface area (TPSA) is 97.7 Å². The summed E-state index contributed by atoms with van der Waals surface area (Å²) >= 11 is 0. The molecule has 2 N–H and O–H groups in total. The Morgan fingerprint density at radius 1 is 1.16 bits per heavy atom. The monoisotopic (exact) mass is 441 g/mol. The van der Waals surface area contributed by atoms with Gasteiger partial charge in [0, 0.05) is 32.5 Å². The Morgan fingerprint density at radius 2 is 1.91 bits per heavy atom. The van der Waals surface area contributed by atoms with Gasteiger partial charge >= 0.3 is 0 Å². The van der Waals surface area contributed by atoms with Crippen molar-refractivity contribution in [3.63, 3.8) is 0 Å². The van der Waals surface area contributed by atoms with Crippen molar-refractivity contribution in [3.8, 4) is 5.69 Å². The van der Waals surface area contributed by atoms with Crippen LogP contribution in [0.4, 0.5) is 11.5 Å². The summed E-state index contributed by atoms with van der Waals surface area (Å²) in [7, 11) is 0. The molecule has 0 aliphatic carbocycles. The first-order chi connectivity index (χ1) is 15.5. The average Bonchev–Trinajstić information content (AvgIpc) is 3.14. The number of para-hydroxylation sites is 1. The SMILES string of the molecule is CC(=O)Nc1c(C)nn(-c2ccccc2)c1N1CCC(C(=O)NCC2COCCO2)CC1. The van der Waals surface area contributed by atoms with Crippen LogP contribution in [0.1, 0.15) is 25.5 Å². The van der Waals surface area contributed by atoms with Crippen molar-refractivity contribution in [3.05, 3.63) is 36.0 Å². The lowest BCUT2D eigenvalue weighted by Crippen LogP contribution is -2.45. The van der Waals surface area contributed by atoms with Gasteiger partial charge < -0.3 is 25.0 Å². The Kier molecular flexibility index (Phi) is 7.06. The second-order valence-electron chi connectivity index (χ2n) is 8.29. The lowest BCUT2D eigenvalue weighted by atomic mass is 9.95. The molecule has 0 radical (unpaired) electrons. The van der Waals surface area contributed by atoms with Gasteiger partial charge in [0.25, 0.3) is 0 Å². The Morgan fingerprint density at radius 3 is 2.56 bits per heavy atom. The lowest BCUT2D eigenvalue weighted by Gasteiger charge is -2.34. The van der Waals surface area contributed by atoms with Gasteiger partial charge in [-0.25, -0.2) is 4.68 Å². The Labute approximate surface area is 188 Å². The van der Waals surface area contributed by atoms with E-state index in [1.807, 2.05) is 41.9 Å². The van der Waals surface area contributed by atoms with Crippen LogP contribution in [0.3, 0.4) is 0 Å². The van der Waals surface area contributed by atoms with Gasteiger partial charge in [0.1, 0.15) is 5.69 Å². The molecule has 172 valence electrons. The summed E-state index contributed by atoms with van der Waals surface area (Å²) in [4.78, 5) is 26.7. The van der Waals surface area contributed by atoms with Crippen molar-refractivity contribution < 1.29 is 19.1 Å². The lowest BCUT2D eigenvalue weighted by molar-refractivity contribution is -0.128. The van der Waals surface area contributed by atoms with Gasteiger partial charge in [0.05, 0.1) is 37.3 Å². The third-order valence-electron chi connectivity index (χ3n) is 5.89. The number of ether oxygens (including phenoxy) is 2. The van der Waals surface area contributed by atoms with Gasteiger partial charge in [0.2, 0.25) is 11.8 Å². The summed E-state index contributed by atoms with van der Waals surface area (Å²) in [5.41, 5.74) is 2.41. The molecule has 2 fully saturated rings. The summed E-state index contributed by atoms with van der Waals surface area (Å²) in [5.74, 6) is 0.739. The highest BCUT2D eigenvalue weighted by atomic mass is 16.6. The number of carbonyl (C=O) groups excluding carboxylic acids is 2. The summed E-state index contributed by atoms with van der Waals surface area (Å²) in [6.45, 7) is 6.98. The molecule has 1 aromatic carbocycles. The predicted molar refractivity (Wildman–Crippen MR) is 121 cm³/mol. The number of rotatable bonds is 6. The number of hydrogen-bond acceptors (Lipinski definition) is 6. The normalized spacial score (nSPS) is 19.6. The maximum atomic E-state index is 12.7. The fourth-order valence-corrected chi connectivity index (χ4v) is 4.25. The average molecular weight is 442 g/mol. The van der Waals surface area contributed by atoms with Gasteiger partial charge in [-0.2, -0.15) is 5.10 Å². The maximum Gasteiger partial charge on any atom is 0.223 e. The van der Waals surface area contributed by atoms with E-state index in [0.29, 0.717) is 39.5 Å². The number of piperidine rings is 1. The molecular formula is C23H31N5O4. The van der Waals surface area contributed by atoms with E-state index >= 15 is 0 Å². The molecule has 3 heterocycles. The number of hydrogen-bond donors (Lipinski definition) is 2. The van der Waals surface area contributed by atoms with Crippen LogP contribution in [-0.4, -0.2) is 67.2 Å². The smallest absolute Gasteiger partial charge is 0.223 e. The van der Waals surface area contributed by atoms with Crippen LogP contribution < -0.4 is 15.5 Å². The first-order valence-corrected chi connectivity index (χ1v) is 11.2. The van der Waals surface area contributed by atoms with E-state index < -0.39 is 0 Å². The summed E-state index contributed by atoms with van der Waals surface area (Å²) in [5, 5.41) is 10.7. The molecule has 0 bridgehead atoms. The molecule has 4 rings (SSSR count). The minimum atomic E-state index is -0.134. The molecule has 2 saturated heterocycles. The van der Waals surface area contributed by atoms with E-state index in [2.05, 4.69) is 15.5 Å². The van der Waals surface area contributed by atoms with E-state index in [4.69, 9.17) is 14.6 Å². The van der Waals surface area contributed by atoms with Gasteiger partial charge in [0.15, 0.2) is 5.82 Å². The van der Waals surface area contributed by atoms with Crippen molar-refractivity contribution in [2.45, 2.75) is 32.8 Å². The summed E-state index contributed by atoms with van der Waals surface area (Å²) in [6.07, 6.45) is 1.38. The molecule has 2 aromatic rings. The minimum absolute atomic E-state index is 0.0471. The number of aromatic nitrogens is 2. The molecule has 1 aromatic heterocycles. The second-order valence-corrected chi connectivity index (χ2v) is 8.29. The molecule has 1 atom stereocenters. The van der Waals surface area contributed by atoms with Crippen LogP contribution in [-0.2, 0) is 19.1 Å². The number of nitrogens with zero attached hydrogens (tertiary/aromatic N) is 3. The number of aryl methyl sites for hydroxylation is 1. The molecule has 2 aliphatic heterocycles. The van der Waals surface area contributed by atoms with Crippen molar-refractivity contribution >= 4 is 23.3 Å². The Hall–Kier alpha value is -2.91. The third kappa shape index (κ3) is 5.11. The molecule has 0 saturated carbocycles. The Balaban J connectivity index is 1.45. The van der Waals surface area contributed by atoms with Crippen LogP contribution in [0.15, 0.2) is 30.3 Å². The zero-order chi connectivity index (χ0) is 22.5. The second kappa shape index (κ2) is 10.1. The standard InChI is InChI=1S/C23H31N5O4/c1-16-21(25-17(2)29)23(28(26-16)19-6-4-3-5-7-19)27-10-8-18(9-11-27)22(30)24-14-20-15-31-12-13-32-20/h3-7,18,20H,8-15H2,1-2H3,(H,24,30)(H,25,29). The van der Waals surface area contributed by atoms with E-state index in [1.165, 1.54) is 6.92 Å². The molecule has 9 nitrogen and oxygen atoms in total. The zero-order valence-corrected chi connectivity index (χ0v) is 18.7. The van der Waals surface area contributed by atoms with E-state index in [0.717, 1.165) is 35.7 Å². The largest absolute Gasteiger partial charge is 0.376 e. The molecule has 2 aliphatic rings. The van der Waals surface area contributed by atoms with Crippen molar-refractivity contribution in [1.82, 2.24) is 15.1 Å². The highest BCUT2D eigenvalue weighted by Gasteiger charge is 2.30. The number of carbonyl (C=O) groups is 2. The molecule has 2 amide bonds. The molecule has 9 heteroatoms. The quantitative estimate of drug-likeness (QED) is 0.711. The number of nitrogens with one attached hydrogen (secondary N) is 2. The van der Waals surface area contributed by atoms with Crippen molar-refractivity contribution in [2.75, 3.05) is 49.7 Å². The van der Waals surface area contributed by atoms with Crippen LogP contribution in [0.2, 0.25) is 0 Å². The van der Waals surface area contributed by atoms with Crippen LogP contribution in [0, 0.1) is 12.8 Å². The van der Waals surface area contributed by atoms with E-state index in [-0.39, 0.29) is 23.8 Å². The van der Waals surface area contributed by atoms with E-state index in [1.54, 1.807) is 0 Å². The highest BCUT2D eigenvalue weighted by molar-refractivity contribution is 5.93. The van der Waals surface area contributed by atoms with Gasteiger partial charge in [-0.3, -0.25) is 9.59 Å². The zero-order valence-electron chi connectivity index (χ0n) is 18.7. The number of benzene rings is 1. The summed E-state index contributed by atoms with van der Waals surface area (Å²) < 4.78 is 12.9. The van der Waals surface area contributed by atoms with Crippen molar-refractivity contribution in [2.24, 2.45) is 5.92 Å². The molecule has 32 heavy (non-hydrogen) atoms. The molecule has 1 unspecified atom stereocenters. The number of anilines is 2. The third-order valence-corrected chi connectivity index (χ3v) is 5.89. The van der Waals surface area contributed by atoms with Gasteiger partial charge in [-0.15, -0.1) is 0 Å². The van der Waals surface area contributed by atoms with Gasteiger partial charge in [-0.1, -0.05) is 18.2 Å². The van der Waals surface area contributed by atoms with Crippen LogP contribution in [0.5, 0.6) is 0 Å². The fourth-order valence-electron chi connectivity index (χ4n) is 4.25. The van der Waals surface area contributed by atoms with Crippen LogP contribution in [0.25, 0.3) is 5.69 Å². The fraction of sp³-hybridized carbons (Fsp3) is 0.522. The summed E-state index contributed by atoms with van der Waals surface area (Å²) in [6, 6.07) is 9.87. The molecular weight excluding hydrogens is 410 g/mol. The highest BCUT2D eigenvalue weighted by Crippen LogP contribution is 2.34. The molecule has 0 spiro atoms. The first kappa shape index (κ1) is 22.3. The van der Waals surface area contributed by atoms with Crippen LogP contribution >= 0.6 is 0 Å². The van der Waals surface area contributed by atoms with E-state index in [9.17, 15) is 9.59 Å².